The lowest BCUT2D eigenvalue weighted by molar-refractivity contribution is -0.577. The van der Waals surface area contributed by atoms with Crippen molar-refractivity contribution in [3.8, 4) is 5.75 Å². The van der Waals surface area contributed by atoms with Crippen molar-refractivity contribution in [2.24, 2.45) is 23.7 Å². The van der Waals surface area contributed by atoms with E-state index in [1.165, 1.54) is 18.2 Å². The molecule has 1 aromatic carbocycles. The number of hydrogen-bond donors (Lipinski definition) is 0. The Kier molecular flexibility index (Phi) is 7.71. The van der Waals surface area contributed by atoms with E-state index in [0.717, 1.165) is 25.7 Å². The zero-order chi connectivity index (χ0) is 31.6. The van der Waals surface area contributed by atoms with Gasteiger partial charge in [-0.15, -0.1) is 5.10 Å². The van der Waals surface area contributed by atoms with Crippen molar-refractivity contribution in [3.63, 3.8) is 0 Å². The number of halogens is 3. The summed E-state index contributed by atoms with van der Waals surface area (Å²) in [5, 5.41) is 8.20. The van der Waals surface area contributed by atoms with E-state index in [1.807, 2.05) is 6.92 Å². The topological polar surface area (TPSA) is 116 Å². The normalized spacial score (nSPS) is 34.4. The molecule has 5 aliphatic rings. The number of aryl methyl sites for hydroxylation is 1. The van der Waals surface area contributed by atoms with Crippen LogP contribution in [0.25, 0.3) is 11.0 Å². The molecule has 11 nitrogen and oxygen atoms in total. The molecule has 0 radical (unpaired) electrons. The molecule has 14 heteroatoms. The van der Waals surface area contributed by atoms with Crippen LogP contribution in [0.2, 0.25) is 0 Å². The molecular weight excluding hydrogens is 599 g/mol. The summed E-state index contributed by atoms with van der Waals surface area (Å²) in [5.74, 6) is 0.396. The van der Waals surface area contributed by atoms with Gasteiger partial charge in [-0.3, -0.25) is 4.68 Å². The molecule has 1 saturated carbocycles. The molecule has 2 bridgehead atoms. The van der Waals surface area contributed by atoms with Gasteiger partial charge in [0.15, 0.2) is 18.2 Å². The fourth-order valence-corrected chi connectivity index (χ4v) is 7.63. The first-order valence-electron chi connectivity index (χ1n) is 15.4. The van der Waals surface area contributed by atoms with Crippen molar-refractivity contribution < 1.29 is 46.3 Å². The van der Waals surface area contributed by atoms with Crippen molar-refractivity contribution in [1.29, 1.82) is 0 Å². The van der Waals surface area contributed by atoms with Crippen LogP contribution in [0.4, 0.5) is 13.2 Å². The maximum atomic E-state index is 13.3. The predicted molar refractivity (Wildman–Crippen MR) is 149 cm³/mol. The Balaban J connectivity index is 0.935. The van der Waals surface area contributed by atoms with Crippen LogP contribution >= 0.6 is 0 Å². The van der Waals surface area contributed by atoms with E-state index < -0.39 is 41.3 Å². The maximum absolute atomic E-state index is 13.3. The fourth-order valence-electron chi connectivity index (χ4n) is 7.63. The number of rotatable bonds is 8. The van der Waals surface area contributed by atoms with Crippen LogP contribution < -0.4 is 10.4 Å². The van der Waals surface area contributed by atoms with Gasteiger partial charge in [0, 0.05) is 48.7 Å². The Morgan fingerprint density at radius 1 is 1.11 bits per heavy atom. The molecule has 0 N–H and O–H groups in total. The summed E-state index contributed by atoms with van der Waals surface area (Å²) in [4.78, 5) is 23.7. The smallest absolute Gasteiger partial charge is 0.417 e. The first-order valence-corrected chi connectivity index (χ1v) is 15.4. The third kappa shape index (κ3) is 5.54. The zero-order valence-electron chi connectivity index (χ0n) is 25.2. The van der Waals surface area contributed by atoms with Crippen LogP contribution in [0.1, 0.15) is 64.1 Å². The average molecular weight is 636 g/mol. The van der Waals surface area contributed by atoms with Crippen molar-refractivity contribution in [2.45, 2.75) is 96.2 Å². The summed E-state index contributed by atoms with van der Waals surface area (Å²) in [7, 11) is 0. The SMILES string of the molecule is C[C@H]1[C@@H](OCc2cn(CCCOc3ccc4c(C(F)(F)F)cc(=O)oc4c3)nn2)O[C@@H]2O[C@@]3(C)CC[C@H]4[C@H](C)CC[C@@H]1[C@@]24OO3. The summed E-state index contributed by atoms with van der Waals surface area (Å²) in [5.41, 5.74) is -2.32. The summed E-state index contributed by atoms with van der Waals surface area (Å²) < 4.78 is 71.3. The van der Waals surface area contributed by atoms with Gasteiger partial charge in [-0.1, -0.05) is 19.1 Å². The Hall–Kier alpha value is -3.04. The monoisotopic (exact) mass is 635 g/mol. The first kappa shape index (κ1) is 30.6. The van der Waals surface area contributed by atoms with Crippen molar-refractivity contribution >= 4 is 11.0 Å². The average Bonchev–Trinajstić information content (AvgIpc) is 3.33. The number of benzene rings is 1. The molecule has 5 fully saturated rings. The van der Waals surface area contributed by atoms with E-state index in [4.69, 9.17) is 33.1 Å². The number of fused-ring (bicyclic) bond motifs is 3. The van der Waals surface area contributed by atoms with Gasteiger partial charge < -0.3 is 23.4 Å². The second-order valence-electron chi connectivity index (χ2n) is 12.9. The molecule has 6 heterocycles. The van der Waals surface area contributed by atoms with E-state index in [0.29, 0.717) is 30.6 Å². The molecule has 45 heavy (non-hydrogen) atoms. The Bertz CT molecular complexity index is 1610. The molecule has 8 rings (SSSR count). The third-order valence-corrected chi connectivity index (χ3v) is 9.90. The molecule has 1 aliphatic carbocycles. The Labute approximate surface area is 256 Å². The van der Waals surface area contributed by atoms with E-state index in [1.54, 1.807) is 10.9 Å². The summed E-state index contributed by atoms with van der Waals surface area (Å²) in [6, 6.07) is 4.38. The molecule has 0 amide bonds. The van der Waals surface area contributed by atoms with E-state index in [9.17, 15) is 18.0 Å². The Morgan fingerprint density at radius 3 is 2.78 bits per heavy atom. The number of aromatic nitrogens is 3. The molecule has 4 saturated heterocycles. The molecular formula is C31H36F3N3O8. The lowest BCUT2D eigenvalue weighted by Gasteiger charge is -2.60. The van der Waals surface area contributed by atoms with Gasteiger partial charge in [0.05, 0.1) is 25.0 Å². The van der Waals surface area contributed by atoms with E-state index >= 15 is 0 Å². The standard InChI is InChI=1S/C31H36F3N3O8/c1-17-5-8-23-18(2)27(42-28-30(23)22(17)9-10-29(3,43-28)44-45-30)40-16-19-15-37(36-35-19)11-4-12-39-20-6-7-21-24(31(32,33)34)14-26(38)41-25(21)13-20/h6-7,13-15,17-18,22-23,27-28H,4-5,8-12,16H2,1-3H3/t17-,18-,22+,23+,27+,28-,29-,30-/m1/s1. The minimum Gasteiger partial charge on any atom is -0.493 e. The van der Waals surface area contributed by atoms with Gasteiger partial charge in [0.25, 0.3) is 0 Å². The van der Waals surface area contributed by atoms with Gasteiger partial charge in [-0.05, 0) is 50.2 Å². The number of ether oxygens (including phenoxy) is 4. The van der Waals surface area contributed by atoms with E-state index in [-0.39, 0.29) is 47.7 Å². The number of nitrogens with zero attached hydrogens (tertiary/aromatic N) is 3. The van der Waals surface area contributed by atoms with Crippen LogP contribution in [0.5, 0.6) is 5.75 Å². The second kappa shape index (κ2) is 11.3. The molecule has 1 spiro atoms. The van der Waals surface area contributed by atoms with Crippen LogP contribution in [0.15, 0.2) is 39.7 Å². The van der Waals surface area contributed by atoms with Gasteiger partial charge in [0.1, 0.15) is 17.0 Å². The summed E-state index contributed by atoms with van der Waals surface area (Å²) in [6.07, 6.45) is 0.349. The molecule has 8 atom stereocenters. The van der Waals surface area contributed by atoms with Crippen LogP contribution in [-0.2, 0) is 43.3 Å². The van der Waals surface area contributed by atoms with Crippen molar-refractivity contribution in [2.75, 3.05) is 6.61 Å². The minimum atomic E-state index is -4.67. The molecule has 2 aromatic heterocycles. The second-order valence-corrected chi connectivity index (χ2v) is 12.9. The third-order valence-electron chi connectivity index (χ3n) is 9.90. The van der Waals surface area contributed by atoms with Crippen LogP contribution in [0.3, 0.4) is 0 Å². The summed E-state index contributed by atoms with van der Waals surface area (Å²) >= 11 is 0. The van der Waals surface area contributed by atoms with Crippen LogP contribution in [0, 0.1) is 23.7 Å². The molecule has 3 aromatic rings. The van der Waals surface area contributed by atoms with Gasteiger partial charge in [-0.2, -0.15) is 13.2 Å². The predicted octanol–water partition coefficient (Wildman–Crippen LogP) is 5.60. The number of alkyl halides is 3. The molecule has 244 valence electrons. The molecule has 0 unspecified atom stereocenters. The first-order chi connectivity index (χ1) is 21.4. The number of hydrogen-bond acceptors (Lipinski definition) is 10. The molecule has 4 aliphatic heterocycles. The quantitative estimate of drug-likeness (QED) is 0.176. The maximum Gasteiger partial charge on any atom is 0.417 e. The lowest BCUT2D eigenvalue weighted by Crippen LogP contribution is -2.70. The van der Waals surface area contributed by atoms with E-state index in [2.05, 4.69) is 24.2 Å². The highest BCUT2D eigenvalue weighted by Crippen LogP contribution is 2.60. The van der Waals surface area contributed by atoms with Crippen molar-refractivity contribution in [1.82, 2.24) is 15.0 Å². The van der Waals surface area contributed by atoms with Gasteiger partial charge >= 0.3 is 11.8 Å². The van der Waals surface area contributed by atoms with Crippen LogP contribution in [-0.4, -0.2) is 45.6 Å². The fraction of sp³-hybridized carbons (Fsp3) is 0.645. The van der Waals surface area contributed by atoms with Gasteiger partial charge in [-0.25, -0.2) is 14.6 Å². The zero-order valence-corrected chi connectivity index (χ0v) is 25.2. The van der Waals surface area contributed by atoms with Gasteiger partial charge in [0.2, 0.25) is 5.79 Å². The summed E-state index contributed by atoms with van der Waals surface area (Å²) in [6.45, 7) is 7.24. The lowest BCUT2D eigenvalue weighted by atomic mass is 9.58. The minimum absolute atomic E-state index is 0.0429. The largest absolute Gasteiger partial charge is 0.493 e. The Morgan fingerprint density at radius 2 is 1.96 bits per heavy atom. The highest BCUT2D eigenvalue weighted by atomic mass is 19.4. The highest BCUT2D eigenvalue weighted by Gasteiger charge is 2.69. The highest BCUT2D eigenvalue weighted by molar-refractivity contribution is 5.82. The van der Waals surface area contributed by atoms with Crippen molar-refractivity contribution in [3.05, 3.63) is 52.1 Å².